The fraction of sp³-hybridized carbons (Fsp3) is 0.100. The number of para-hydroxylation sites is 2. The summed E-state index contributed by atoms with van der Waals surface area (Å²) in [4.78, 5) is 6.63. The molecular formula is C20H19IN4S. The minimum atomic E-state index is 0. The lowest BCUT2D eigenvalue weighted by molar-refractivity contribution is -0.866. The third-order valence-electron chi connectivity index (χ3n) is 4.23. The number of quaternary nitrogens is 1. The van der Waals surface area contributed by atoms with Crippen molar-refractivity contribution in [2.75, 3.05) is 11.2 Å². The monoisotopic (exact) mass is 474 g/mol. The fourth-order valence-corrected chi connectivity index (χ4v) is 3.72. The Morgan fingerprint density at radius 1 is 0.923 bits per heavy atom. The van der Waals surface area contributed by atoms with Gasteiger partial charge < -0.3 is 24.0 Å². The maximum atomic E-state index is 4.99. The first-order valence-electron chi connectivity index (χ1n) is 8.17. The average molecular weight is 474 g/mol. The summed E-state index contributed by atoms with van der Waals surface area (Å²) in [5, 5.41) is 7.04. The van der Waals surface area contributed by atoms with E-state index in [9.17, 15) is 0 Å². The number of nitrogens with zero attached hydrogens (tertiary/aromatic N) is 3. The largest absolute Gasteiger partial charge is 1.00 e. The van der Waals surface area contributed by atoms with Crippen molar-refractivity contribution < 1.29 is 29.0 Å². The second kappa shape index (κ2) is 8.66. The van der Waals surface area contributed by atoms with Gasteiger partial charge in [-0.15, -0.1) is 0 Å². The first-order chi connectivity index (χ1) is 12.4. The van der Waals surface area contributed by atoms with Gasteiger partial charge in [0.2, 0.25) is 11.3 Å². The minimum absolute atomic E-state index is 0. The van der Waals surface area contributed by atoms with Gasteiger partial charge in [-0.1, -0.05) is 53.3 Å². The Bertz CT molecular complexity index is 859. The molecule has 1 N–H and O–H groups in total. The van der Waals surface area contributed by atoms with Crippen LogP contribution in [0.1, 0.15) is 11.7 Å². The van der Waals surface area contributed by atoms with Crippen LogP contribution >= 0.6 is 11.8 Å². The molecule has 4 nitrogen and oxygen atoms in total. The van der Waals surface area contributed by atoms with Gasteiger partial charge in [-0.05, 0) is 30.5 Å². The molecule has 1 aliphatic rings. The molecule has 2 heterocycles. The lowest BCUT2D eigenvalue weighted by Crippen LogP contribution is -3.02. The van der Waals surface area contributed by atoms with Gasteiger partial charge in [-0.25, -0.2) is 0 Å². The van der Waals surface area contributed by atoms with Crippen LogP contribution in [0.15, 0.2) is 90.3 Å². The zero-order valence-electron chi connectivity index (χ0n) is 14.3. The number of benzene rings is 2. The number of hydrogen-bond donors (Lipinski definition) is 1. The van der Waals surface area contributed by atoms with Crippen molar-refractivity contribution in [2.45, 2.75) is 6.17 Å². The van der Waals surface area contributed by atoms with Crippen LogP contribution in [0.5, 0.6) is 0 Å². The maximum Gasteiger partial charge on any atom is 0.228 e. The third kappa shape index (κ3) is 3.62. The van der Waals surface area contributed by atoms with E-state index < -0.39 is 0 Å². The number of nitrogens with one attached hydrogen (secondary N) is 1. The average Bonchev–Trinajstić information content (AvgIpc) is 3.10. The van der Waals surface area contributed by atoms with Crippen LogP contribution in [0.4, 0.5) is 11.4 Å². The minimum Gasteiger partial charge on any atom is -1.00 e. The van der Waals surface area contributed by atoms with Crippen LogP contribution in [0, 0.1) is 0 Å². The van der Waals surface area contributed by atoms with E-state index in [4.69, 9.17) is 5.10 Å². The summed E-state index contributed by atoms with van der Waals surface area (Å²) in [7, 11) is 0. The summed E-state index contributed by atoms with van der Waals surface area (Å²) in [5.74, 6) is 0. The molecule has 1 aliphatic heterocycles. The molecular weight excluding hydrogens is 455 g/mol. The summed E-state index contributed by atoms with van der Waals surface area (Å²) in [6.07, 6.45) is 5.83. The van der Waals surface area contributed by atoms with E-state index in [1.54, 1.807) is 11.8 Å². The Hall–Kier alpha value is -1.90. The molecule has 6 heteroatoms. The van der Waals surface area contributed by atoms with Gasteiger partial charge in [0.05, 0.1) is 5.56 Å². The van der Waals surface area contributed by atoms with Crippen LogP contribution in [0.2, 0.25) is 0 Å². The molecule has 4 rings (SSSR count). The van der Waals surface area contributed by atoms with Gasteiger partial charge in [-0.2, -0.15) is 5.01 Å². The molecule has 1 aromatic heterocycles. The number of halogens is 1. The smallest absolute Gasteiger partial charge is 0.228 e. The highest BCUT2D eigenvalue weighted by molar-refractivity contribution is 8.13. The zero-order chi connectivity index (χ0) is 17.1. The van der Waals surface area contributed by atoms with Crippen LogP contribution in [0.25, 0.3) is 0 Å². The molecule has 0 aliphatic carbocycles. The van der Waals surface area contributed by atoms with Gasteiger partial charge in [0.25, 0.3) is 0 Å². The molecule has 0 spiro atoms. The van der Waals surface area contributed by atoms with E-state index in [1.165, 1.54) is 0 Å². The summed E-state index contributed by atoms with van der Waals surface area (Å²) in [6.45, 7) is 0. The number of thioether (sulfide) groups is 1. The Morgan fingerprint density at radius 3 is 2.23 bits per heavy atom. The fourth-order valence-electron chi connectivity index (χ4n) is 3.12. The Labute approximate surface area is 175 Å². The lowest BCUT2D eigenvalue weighted by Gasteiger charge is -2.27. The van der Waals surface area contributed by atoms with E-state index in [0.717, 1.165) is 27.1 Å². The Morgan fingerprint density at radius 2 is 1.62 bits per heavy atom. The predicted molar refractivity (Wildman–Crippen MR) is 104 cm³/mol. The second-order valence-electron chi connectivity index (χ2n) is 5.74. The summed E-state index contributed by atoms with van der Waals surface area (Å²) in [5.41, 5.74) is 3.41. The standard InChI is InChI=1S/C20H18N4S.HI/c1-25-20-22-24(18-12-6-3-7-13-18)19(16-9-8-14-21-15-16)23(20)17-10-4-2-5-11-17;/h2-15,19H,1H3;1H. The zero-order valence-corrected chi connectivity index (χ0v) is 17.3. The molecule has 2 aromatic carbocycles. The van der Waals surface area contributed by atoms with Crippen molar-refractivity contribution in [2.24, 2.45) is 5.10 Å². The summed E-state index contributed by atoms with van der Waals surface area (Å²) >= 11 is 1.67. The number of aromatic nitrogens is 1. The van der Waals surface area contributed by atoms with Crippen molar-refractivity contribution in [3.63, 3.8) is 0 Å². The van der Waals surface area contributed by atoms with Crippen LogP contribution in [-0.2, 0) is 0 Å². The molecule has 26 heavy (non-hydrogen) atoms. The molecule has 0 bridgehead atoms. The number of pyridine rings is 1. The molecule has 2 atom stereocenters. The summed E-state index contributed by atoms with van der Waals surface area (Å²) < 4.78 is 0. The quantitative estimate of drug-likeness (QED) is 0.560. The highest BCUT2D eigenvalue weighted by Gasteiger charge is 2.42. The van der Waals surface area contributed by atoms with Gasteiger partial charge in [0.1, 0.15) is 0 Å². The first-order valence-corrected chi connectivity index (χ1v) is 9.40. The van der Waals surface area contributed by atoms with Crippen molar-refractivity contribution in [1.29, 1.82) is 0 Å². The number of rotatable bonds is 3. The first kappa shape index (κ1) is 18.9. The van der Waals surface area contributed by atoms with Crippen LogP contribution < -0.4 is 33.9 Å². The molecule has 0 amide bonds. The summed E-state index contributed by atoms with van der Waals surface area (Å²) in [6, 6.07) is 24.9. The third-order valence-corrected chi connectivity index (χ3v) is 4.88. The van der Waals surface area contributed by atoms with Crippen molar-refractivity contribution in [3.8, 4) is 0 Å². The van der Waals surface area contributed by atoms with E-state index >= 15 is 0 Å². The highest BCUT2D eigenvalue weighted by Crippen LogP contribution is 2.30. The van der Waals surface area contributed by atoms with Gasteiger partial charge in [0, 0.05) is 30.2 Å². The van der Waals surface area contributed by atoms with Crippen LogP contribution in [0.3, 0.4) is 0 Å². The van der Waals surface area contributed by atoms with Gasteiger partial charge in [-0.3, -0.25) is 9.88 Å². The topological polar surface area (TPSA) is 32.9 Å². The molecule has 0 saturated carbocycles. The molecule has 2 unspecified atom stereocenters. The Balaban J connectivity index is 0.00000196. The van der Waals surface area contributed by atoms with Gasteiger partial charge in [0.15, 0.2) is 5.69 Å². The molecule has 132 valence electrons. The van der Waals surface area contributed by atoms with Crippen molar-refractivity contribution in [3.05, 3.63) is 90.8 Å². The normalized spacial score (nSPS) is 19.0. The molecule has 0 saturated heterocycles. The molecule has 0 fully saturated rings. The van der Waals surface area contributed by atoms with Crippen molar-refractivity contribution >= 4 is 28.3 Å². The van der Waals surface area contributed by atoms with E-state index in [1.807, 2.05) is 30.6 Å². The van der Waals surface area contributed by atoms with E-state index in [0.29, 0.717) is 0 Å². The maximum absolute atomic E-state index is 4.99. The second-order valence-corrected chi connectivity index (χ2v) is 6.52. The van der Waals surface area contributed by atoms with Crippen LogP contribution in [-0.4, -0.2) is 16.4 Å². The number of anilines is 1. The molecule has 3 aromatic rings. The predicted octanol–water partition coefficient (Wildman–Crippen LogP) is 0.455. The SMILES string of the molecule is CSC1=N[NH+](c2ccccc2)C(c2cccnc2)N1c1ccccc1.[I-]. The van der Waals surface area contributed by atoms with Gasteiger partial charge >= 0.3 is 0 Å². The number of hydrogen-bond acceptors (Lipinski definition) is 4. The van der Waals surface area contributed by atoms with Crippen molar-refractivity contribution in [1.82, 2.24) is 4.98 Å². The highest BCUT2D eigenvalue weighted by atomic mass is 127. The Kier molecular flexibility index (Phi) is 6.29. The van der Waals surface area contributed by atoms with E-state index in [2.05, 4.69) is 70.7 Å². The number of amidine groups is 1. The van der Waals surface area contributed by atoms with E-state index in [-0.39, 0.29) is 30.1 Å². The lowest BCUT2D eigenvalue weighted by atomic mass is 10.1. The molecule has 0 radical (unpaired) electrons.